The largest absolute Gasteiger partial charge is 0.468 e. The van der Waals surface area contributed by atoms with Crippen molar-refractivity contribution in [2.75, 3.05) is 13.7 Å². The molecule has 0 saturated carbocycles. The van der Waals surface area contributed by atoms with E-state index in [0.29, 0.717) is 11.3 Å². The maximum atomic E-state index is 11.9. The lowest BCUT2D eigenvalue weighted by atomic mass is 10.3. The quantitative estimate of drug-likeness (QED) is 0.571. The Morgan fingerprint density at radius 1 is 1.61 bits per heavy atom. The van der Waals surface area contributed by atoms with Crippen LogP contribution in [0.15, 0.2) is 9.00 Å². The summed E-state index contributed by atoms with van der Waals surface area (Å²) in [4.78, 5) is 24.0. The summed E-state index contributed by atoms with van der Waals surface area (Å²) in [6.07, 6.45) is 0. The van der Waals surface area contributed by atoms with Crippen LogP contribution in [0.3, 0.4) is 0 Å². The van der Waals surface area contributed by atoms with E-state index < -0.39 is 33.5 Å². The third kappa shape index (κ3) is 3.16. The van der Waals surface area contributed by atoms with Gasteiger partial charge in [0.1, 0.15) is 6.04 Å². The van der Waals surface area contributed by atoms with Crippen molar-refractivity contribution in [1.29, 1.82) is 0 Å². The molecule has 1 unspecified atom stereocenters. The van der Waals surface area contributed by atoms with E-state index in [1.165, 1.54) is 6.92 Å². The topological polar surface area (TPSA) is 126 Å². The lowest BCUT2D eigenvalue weighted by Gasteiger charge is -2.13. The van der Waals surface area contributed by atoms with Gasteiger partial charge in [0.2, 0.25) is 0 Å². The molecule has 1 aromatic rings. The molecule has 0 amide bonds. The van der Waals surface area contributed by atoms with Gasteiger partial charge in [-0.3, -0.25) is 9.59 Å². The van der Waals surface area contributed by atoms with E-state index >= 15 is 0 Å². The second-order valence-corrected chi connectivity index (χ2v) is 6.20. The minimum absolute atomic E-state index is 0.166. The maximum absolute atomic E-state index is 11.9. The number of aromatic amines is 1. The zero-order chi connectivity index (χ0) is 13.9. The molecule has 1 atom stereocenters. The number of carbonyl (C=O) groups is 1. The molecule has 1 heterocycles. The number of aliphatic hydroxyl groups is 1. The van der Waals surface area contributed by atoms with Crippen molar-refractivity contribution in [3.05, 3.63) is 15.4 Å². The highest BCUT2D eigenvalue weighted by Gasteiger charge is 2.28. The molecule has 0 aromatic carbocycles. The Morgan fingerprint density at radius 2 is 2.22 bits per heavy atom. The molecule has 3 N–H and O–H groups in total. The molecular weight excluding hydrogens is 284 g/mol. The SMILES string of the molecule is COC(=O)C(CO)NS(=O)(=O)c1sc(=O)[nH]c1C. The van der Waals surface area contributed by atoms with Gasteiger partial charge in [0, 0.05) is 5.69 Å². The Hall–Kier alpha value is -1.23. The number of nitrogens with one attached hydrogen (secondary N) is 2. The van der Waals surface area contributed by atoms with Crippen LogP contribution in [0.1, 0.15) is 5.69 Å². The van der Waals surface area contributed by atoms with E-state index in [1.54, 1.807) is 0 Å². The van der Waals surface area contributed by atoms with Crippen LogP contribution in [-0.4, -0.2) is 44.2 Å². The molecule has 0 aliphatic heterocycles. The fourth-order valence-corrected chi connectivity index (χ4v) is 3.68. The molecule has 102 valence electrons. The summed E-state index contributed by atoms with van der Waals surface area (Å²) in [6.45, 7) is 0.669. The summed E-state index contributed by atoms with van der Waals surface area (Å²) in [6, 6.07) is -1.41. The molecule has 0 aliphatic carbocycles. The summed E-state index contributed by atoms with van der Waals surface area (Å²) >= 11 is 0.498. The third-order valence-corrected chi connectivity index (χ3v) is 5.07. The van der Waals surface area contributed by atoms with Gasteiger partial charge in [0.15, 0.2) is 4.21 Å². The number of esters is 1. The van der Waals surface area contributed by atoms with Gasteiger partial charge in [0.25, 0.3) is 10.0 Å². The van der Waals surface area contributed by atoms with Crippen LogP contribution in [0.4, 0.5) is 0 Å². The van der Waals surface area contributed by atoms with E-state index in [4.69, 9.17) is 5.11 Å². The maximum Gasteiger partial charge on any atom is 0.326 e. The first kappa shape index (κ1) is 14.8. The molecule has 10 heteroatoms. The number of aryl methyl sites for hydroxylation is 1. The number of ether oxygens (including phenoxy) is 1. The summed E-state index contributed by atoms with van der Waals surface area (Å²) in [7, 11) is -2.99. The number of H-pyrrole nitrogens is 1. The van der Waals surface area contributed by atoms with Crippen molar-refractivity contribution in [2.45, 2.75) is 17.2 Å². The molecule has 0 spiro atoms. The number of hydrogen-bond acceptors (Lipinski definition) is 7. The molecular formula is C8H12N2O6S2. The van der Waals surface area contributed by atoms with Crippen LogP contribution in [0.5, 0.6) is 0 Å². The van der Waals surface area contributed by atoms with Gasteiger partial charge >= 0.3 is 10.8 Å². The molecule has 8 nitrogen and oxygen atoms in total. The molecule has 1 aromatic heterocycles. The Bertz CT molecular complexity index is 587. The Labute approximate surface area is 107 Å². The summed E-state index contributed by atoms with van der Waals surface area (Å²) in [5, 5.41) is 8.92. The number of rotatable bonds is 5. The van der Waals surface area contributed by atoms with Crippen LogP contribution in [-0.2, 0) is 19.6 Å². The Morgan fingerprint density at radius 3 is 2.61 bits per heavy atom. The third-order valence-electron chi connectivity index (χ3n) is 1.99. The molecule has 0 aliphatic rings. The van der Waals surface area contributed by atoms with E-state index in [9.17, 15) is 18.0 Å². The smallest absolute Gasteiger partial charge is 0.326 e. The Kier molecular flexibility index (Phi) is 4.62. The number of thiazole rings is 1. The highest BCUT2D eigenvalue weighted by molar-refractivity contribution is 7.91. The standard InChI is InChI=1S/C8H12N2O6S2/c1-4-7(17-8(13)9-4)18(14,15)10-5(3-11)6(12)16-2/h5,10-11H,3H2,1-2H3,(H,9,13). The van der Waals surface area contributed by atoms with Crippen molar-refractivity contribution >= 4 is 27.3 Å². The number of sulfonamides is 1. The minimum atomic E-state index is -4.06. The zero-order valence-corrected chi connectivity index (χ0v) is 11.2. The van der Waals surface area contributed by atoms with E-state index in [2.05, 4.69) is 9.72 Å². The molecule has 0 radical (unpaired) electrons. The number of methoxy groups -OCH3 is 1. The molecule has 1 rings (SSSR count). The number of aromatic nitrogens is 1. The van der Waals surface area contributed by atoms with Gasteiger partial charge in [-0.15, -0.1) is 0 Å². The van der Waals surface area contributed by atoms with Crippen molar-refractivity contribution < 1.29 is 23.1 Å². The van der Waals surface area contributed by atoms with Gasteiger partial charge in [-0.25, -0.2) is 8.42 Å². The molecule has 0 fully saturated rings. The monoisotopic (exact) mass is 296 g/mol. The zero-order valence-electron chi connectivity index (χ0n) is 9.59. The fraction of sp³-hybridized carbons (Fsp3) is 0.500. The van der Waals surface area contributed by atoms with Crippen LogP contribution >= 0.6 is 11.3 Å². The van der Waals surface area contributed by atoms with Crippen LogP contribution in [0.25, 0.3) is 0 Å². The Balaban J connectivity index is 3.05. The normalized spacial score (nSPS) is 13.3. The molecule has 0 saturated heterocycles. The fourth-order valence-electron chi connectivity index (χ4n) is 1.19. The van der Waals surface area contributed by atoms with Crippen molar-refractivity contribution in [3.8, 4) is 0 Å². The summed E-state index contributed by atoms with van der Waals surface area (Å²) < 4.78 is 29.8. The van der Waals surface area contributed by atoms with Crippen molar-refractivity contribution in [3.63, 3.8) is 0 Å². The summed E-state index contributed by atoms with van der Waals surface area (Å²) in [5.74, 6) is -0.915. The van der Waals surface area contributed by atoms with Crippen molar-refractivity contribution in [2.24, 2.45) is 0 Å². The van der Waals surface area contributed by atoms with Gasteiger partial charge < -0.3 is 14.8 Å². The molecule has 0 bridgehead atoms. The first-order chi connectivity index (χ1) is 8.31. The van der Waals surface area contributed by atoms with E-state index in [-0.39, 0.29) is 9.90 Å². The number of hydrogen-bond donors (Lipinski definition) is 3. The first-order valence-electron chi connectivity index (χ1n) is 4.72. The summed E-state index contributed by atoms with van der Waals surface area (Å²) in [5.41, 5.74) is 0.166. The lowest BCUT2D eigenvalue weighted by molar-refractivity contribution is -0.143. The number of aliphatic hydroxyl groups excluding tert-OH is 1. The predicted molar refractivity (Wildman–Crippen MR) is 62.9 cm³/mol. The number of carbonyl (C=O) groups excluding carboxylic acids is 1. The van der Waals surface area contributed by atoms with Gasteiger partial charge in [-0.1, -0.05) is 11.3 Å². The van der Waals surface area contributed by atoms with Crippen LogP contribution in [0, 0.1) is 6.92 Å². The highest BCUT2D eigenvalue weighted by atomic mass is 32.2. The van der Waals surface area contributed by atoms with Crippen molar-refractivity contribution in [1.82, 2.24) is 9.71 Å². The first-order valence-corrected chi connectivity index (χ1v) is 7.02. The van der Waals surface area contributed by atoms with Gasteiger partial charge in [-0.2, -0.15) is 4.72 Å². The van der Waals surface area contributed by atoms with E-state index in [1.807, 2.05) is 4.72 Å². The van der Waals surface area contributed by atoms with E-state index in [0.717, 1.165) is 7.11 Å². The second kappa shape index (κ2) is 5.61. The average Bonchev–Trinajstić information content (AvgIpc) is 2.65. The average molecular weight is 296 g/mol. The lowest BCUT2D eigenvalue weighted by Crippen LogP contribution is -2.43. The van der Waals surface area contributed by atoms with Gasteiger partial charge in [0.05, 0.1) is 13.7 Å². The predicted octanol–water partition coefficient (Wildman–Crippen LogP) is -1.44. The molecule has 18 heavy (non-hydrogen) atoms. The van der Waals surface area contributed by atoms with Crippen LogP contribution in [0.2, 0.25) is 0 Å². The van der Waals surface area contributed by atoms with Crippen LogP contribution < -0.4 is 9.60 Å². The van der Waals surface area contributed by atoms with Gasteiger partial charge in [-0.05, 0) is 6.92 Å². The highest BCUT2D eigenvalue weighted by Crippen LogP contribution is 2.15. The second-order valence-electron chi connectivity index (χ2n) is 3.31. The minimum Gasteiger partial charge on any atom is -0.468 e.